The average Bonchev–Trinajstić information content (AvgIpc) is 2.85. The van der Waals surface area contributed by atoms with Crippen LogP contribution in [-0.2, 0) is 38.8 Å². The molecule has 0 bridgehead atoms. The molecule has 4 rings (SSSR count). The van der Waals surface area contributed by atoms with Crippen LogP contribution in [0.25, 0.3) is 0 Å². The summed E-state index contributed by atoms with van der Waals surface area (Å²) in [5, 5.41) is 0. The summed E-state index contributed by atoms with van der Waals surface area (Å²) in [6.45, 7) is 1.94. The van der Waals surface area contributed by atoms with Gasteiger partial charge in [0.2, 0.25) is 0 Å². The summed E-state index contributed by atoms with van der Waals surface area (Å²) in [4.78, 5) is 0. The molecule has 1 aliphatic rings. The first-order valence-electron chi connectivity index (χ1n) is 10.7. The van der Waals surface area contributed by atoms with Gasteiger partial charge in [-0.05, 0) is 39.3 Å². The van der Waals surface area contributed by atoms with Gasteiger partial charge in [-0.1, -0.05) is 91.0 Å². The van der Waals surface area contributed by atoms with Crippen molar-refractivity contribution in [2.45, 2.75) is 38.1 Å². The molecule has 32 heavy (non-hydrogen) atoms. The molecule has 0 unspecified atom stereocenters. The molecule has 5 heteroatoms. The van der Waals surface area contributed by atoms with Crippen molar-refractivity contribution in [3.05, 3.63) is 118 Å². The molecular formula is C27H27IO4. The normalized spacial score (nSPS) is 20.4. The van der Waals surface area contributed by atoms with Crippen molar-refractivity contribution in [3.63, 3.8) is 0 Å². The van der Waals surface area contributed by atoms with Crippen LogP contribution in [-0.4, -0.2) is 24.9 Å². The maximum atomic E-state index is 6.38. The van der Waals surface area contributed by atoms with E-state index in [1.807, 2.05) is 54.6 Å². The van der Waals surface area contributed by atoms with Gasteiger partial charge in [0, 0.05) is 0 Å². The summed E-state index contributed by atoms with van der Waals surface area (Å²) in [5.41, 5.74) is 3.37. The summed E-state index contributed by atoms with van der Waals surface area (Å²) in [6.07, 6.45) is 1.00. The minimum absolute atomic E-state index is 0.224. The van der Waals surface area contributed by atoms with E-state index < -0.39 is 0 Å². The lowest BCUT2D eigenvalue weighted by molar-refractivity contribution is -0.148. The van der Waals surface area contributed by atoms with Crippen LogP contribution in [0.4, 0.5) is 0 Å². The summed E-state index contributed by atoms with van der Waals surface area (Å²) in [7, 11) is 0. The van der Waals surface area contributed by atoms with E-state index in [1.54, 1.807) is 6.26 Å². The lowest BCUT2D eigenvalue weighted by atomic mass is 10.1. The number of hydrogen-bond donors (Lipinski definition) is 0. The van der Waals surface area contributed by atoms with E-state index in [2.05, 4.69) is 59.0 Å². The SMILES string of the molecule is IC1=CO[C@H](COCc2ccccc2)[C@@H](OCc2ccccc2)[C@H]1OCc1ccccc1. The predicted octanol–water partition coefficient (Wildman–Crippen LogP) is 6.05. The molecule has 0 aromatic heterocycles. The Balaban J connectivity index is 1.44. The molecule has 4 nitrogen and oxygen atoms in total. The Hall–Kier alpha value is -2.19. The zero-order chi connectivity index (χ0) is 22.0. The minimum atomic E-state index is -0.286. The van der Waals surface area contributed by atoms with Gasteiger partial charge < -0.3 is 18.9 Å². The Bertz CT molecular complexity index is 963. The molecule has 0 radical (unpaired) electrons. The fourth-order valence-electron chi connectivity index (χ4n) is 3.55. The summed E-state index contributed by atoms with van der Waals surface area (Å²) >= 11 is 2.28. The van der Waals surface area contributed by atoms with Crippen molar-refractivity contribution < 1.29 is 18.9 Å². The second-order valence-corrected chi connectivity index (χ2v) is 8.90. The van der Waals surface area contributed by atoms with Gasteiger partial charge in [0.15, 0.2) is 6.10 Å². The van der Waals surface area contributed by atoms with Crippen molar-refractivity contribution in [3.8, 4) is 0 Å². The van der Waals surface area contributed by atoms with Crippen LogP contribution in [0, 0.1) is 0 Å². The molecule has 0 saturated carbocycles. The fraction of sp³-hybridized carbons (Fsp3) is 0.259. The van der Waals surface area contributed by atoms with Gasteiger partial charge >= 0.3 is 0 Å². The lowest BCUT2D eigenvalue weighted by Crippen LogP contribution is -2.47. The summed E-state index contributed by atoms with van der Waals surface area (Å²) < 4.78 is 25.7. The zero-order valence-electron chi connectivity index (χ0n) is 17.8. The molecule has 3 aromatic carbocycles. The van der Waals surface area contributed by atoms with E-state index in [9.17, 15) is 0 Å². The Kier molecular flexibility index (Phi) is 8.73. The monoisotopic (exact) mass is 542 g/mol. The van der Waals surface area contributed by atoms with Crippen molar-refractivity contribution in [1.29, 1.82) is 0 Å². The first kappa shape index (κ1) is 23.0. The quantitative estimate of drug-likeness (QED) is 0.293. The standard InChI is InChI=1S/C27H27IO4/c28-24-19-30-25(20-29-16-21-10-4-1-5-11-21)27(32-18-23-14-8-3-9-15-23)26(24)31-17-22-12-6-2-7-13-22/h1-15,19,25-27H,16-18,20H2/t25-,26+,27-/m1/s1. The van der Waals surface area contributed by atoms with Crippen LogP contribution >= 0.6 is 22.6 Å². The molecule has 0 saturated heterocycles. The fourth-order valence-corrected chi connectivity index (χ4v) is 4.23. The summed E-state index contributed by atoms with van der Waals surface area (Å²) in [6, 6.07) is 30.5. The highest BCUT2D eigenvalue weighted by molar-refractivity contribution is 14.1. The summed E-state index contributed by atoms with van der Waals surface area (Å²) in [5.74, 6) is 0. The Morgan fingerprint density at radius 1 is 0.656 bits per heavy atom. The molecule has 1 heterocycles. The molecule has 1 aliphatic heterocycles. The molecule has 0 amide bonds. The minimum Gasteiger partial charge on any atom is -0.492 e. The van der Waals surface area contributed by atoms with Gasteiger partial charge in [-0.25, -0.2) is 0 Å². The van der Waals surface area contributed by atoms with Gasteiger partial charge in [0.1, 0.15) is 12.2 Å². The van der Waals surface area contributed by atoms with Crippen LogP contribution in [0.1, 0.15) is 16.7 Å². The van der Waals surface area contributed by atoms with Crippen LogP contribution < -0.4 is 0 Å². The van der Waals surface area contributed by atoms with Gasteiger partial charge in [-0.15, -0.1) is 0 Å². The van der Waals surface area contributed by atoms with Crippen LogP contribution in [0.5, 0.6) is 0 Å². The first-order valence-corrected chi connectivity index (χ1v) is 11.8. The van der Waals surface area contributed by atoms with E-state index in [1.165, 1.54) is 0 Å². The molecule has 0 fully saturated rings. The molecule has 0 N–H and O–H groups in total. The predicted molar refractivity (Wildman–Crippen MR) is 133 cm³/mol. The highest BCUT2D eigenvalue weighted by atomic mass is 127. The highest BCUT2D eigenvalue weighted by Gasteiger charge is 2.38. The van der Waals surface area contributed by atoms with Crippen LogP contribution in [0.15, 0.2) is 101 Å². The van der Waals surface area contributed by atoms with E-state index >= 15 is 0 Å². The number of benzene rings is 3. The van der Waals surface area contributed by atoms with Crippen molar-refractivity contribution in [2.24, 2.45) is 0 Å². The first-order chi connectivity index (χ1) is 15.8. The Morgan fingerprint density at radius 2 is 1.16 bits per heavy atom. The number of rotatable bonds is 10. The molecular weight excluding hydrogens is 515 g/mol. The van der Waals surface area contributed by atoms with Gasteiger partial charge in [-0.3, -0.25) is 0 Å². The molecule has 3 atom stereocenters. The second-order valence-electron chi connectivity index (χ2n) is 7.66. The third kappa shape index (κ3) is 6.65. The average molecular weight is 542 g/mol. The highest BCUT2D eigenvalue weighted by Crippen LogP contribution is 2.30. The number of hydrogen-bond acceptors (Lipinski definition) is 4. The van der Waals surface area contributed by atoms with Crippen molar-refractivity contribution in [2.75, 3.05) is 6.61 Å². The maximum absolute atomic E-state index is 6.38. The molecule has 0 spiro atoms. The molecule has 166 valence electrons. The van der Waals surface area contributed by atoms with Crippen LogP contribution in [0.3, 0.4) is 0 Å². The Morgan fingerprint density at radius 3 is 1.72 bits per heavy atom. The molecule has 0 aliphatic carbocycles. The Labute approximate surface area is 203 Å². The smallest absolute Gasteiger partial charge is 0.150 e. The van der Waals surface area contributed by atoms with Crippen molar-refractivity contribution in [1.82, 2.24) is 0 Å². The zero-order valence-corrected chi connectivity index (χ0v) is 20.0. The van der Waals surface area contributed by atoms with Crippen LogP contribution in [0.2, 0.25) is 0 Å². The largest absolute Gasteiger partial charge is 0.492 e. The third-order valence-corrected chi connectivity index (χ3v) is 6.11. The van der Waals surface area contributed by atoms with E-state index in [0.29, 0.717) is 26.4 Å². The van der Waals surface area contributed by atoms with Crippen molar-refractivity contribution >= 4 is 22.6 Å². The topological polar surface area (TPSA) is 36.9 Å². The number of ether oxygens (including phenoxy) is 4. The van der Waals surface area contributed by atoms with E-state index in [4.69, 9.17) is 18.9 Å². The van der Waals surface area contributed by atoms with Gasteiger partial charge in [-0.2, -0.15) is 0 Å². The van der Waals surface area contributed by atoms with E-state index in [-0.39, 0.29) is 18.3 Å². The second kappa shape index (κ2) is 12.2. The lowest BCUT2D eigenvalue weighted by Gasteiger charge is -2.36. The molecule has 3 aromatic rings. The third-order valence-electron chi connectivity index (χ3n) is 5.24. The van der Waals surface area contributed by atoms with E-state index in [0.717, 1.165) is 20.3 Å². The van der Waals surface area contributed by atoms with Gasteiger partial charge in [0.05, 0.1) is 36.3 Å². The number of halogens is 1. The van der Waals surface area contributed by atoms with Gasteiger partial charge in [0.25, 0.3) is 0 Å². The maximum Gasteiger partial charge on any atom is 0.150 e.